The number of ether oxygens (including phenoxy) is 1. The molecule has 2 rings (SSSR count). The van der Waals surface area contributed by atoms with E-state index in [9.17, 15) is 4.79 Å². The first kappa shape index (κ1) is 18.2. The summed E-state index contributed by atoms with van der Waals surface area (Å²) < 4.78 is 5.18. The van der Waals surface area contributed by atoms with Crippen LogP contribution >= 0.6 is 11.3 Å². The lowest BCUT2D eigenvalue weighted by atomic mass is 10.1. The maximum absolute atomic E-state index is 11.5. The number of aromatic nitrogens is 1. The van der Waals surface area contributed by atoms with Crippen molar-refractivity contribution in [3.05, 3.63) is 41.4 Å². The molecule has 0 spiro atoms. The van der Waals surface area contributed by atoms with Crippen molar-refractivity contribution in [2.75, 3.05) is 0 Å². The second kappa shape index (κ2) is 8.54. The Labute approximate surface area is 136 Å². The van der Waals surface area contributed by atoms with Gasteiger partial charge in [0.2, 0.25) is 0 Å². The third-order valence-electron chi connectivity index (χ3n) is 2.47. The summed E-state index contributed by atoms with van der Waals surface area (Å²) in [6, 6.07) is 7.97. The fraction of sp³-hybridized carbons (Fsp3) is 0.412. The number of rotatable bonds is 3. The second-order valence-electron chi connectivity index (χ2n) is 5.39. The number of hydrogen-bond acceptors (Lipinski definition) is 4. The molecule has 0 radical (unpaired) electrons. The van der Waals surface area contributed by atoms with Crippen LogP contribution in [0, 0.1) is 0 Å². The summed E-state index contributed by atoms with van der Waals surface area (Å²) >= 11 is 1.61. The molecule has 0 aliphatic rings. The average molecular weight is 320 g/mol. The highest BCUT2D eigenvalue weighted by Crippen LogP contribution is 2.21. The maximum Gasteiger partial charge on any atom is 0.407 e. The van der Waals surface area contributed by atoms with Crippen LogP contribution in [-0.2, 0) is 11.3 Å². The van der Waals surface area contributed by atoms with Gasteiger partial charge in [0.1, 0.15) is 10.6 Å². The minimum atomic E-state index is -0.473. The molecule has 0 bridgehead atoms. The van der Waals surface area contributed by atoms with E-state index >= 15 is 0 Å². The summed E-state index contributed by atoms with van der Waals surface area (Å²) in [5.41, 5.74) is 1.64. The summed E-state index contributed by atoms with van der Waals surface area (Å²) in [6.45, 7) is 9.98. The topological polar surface area (TPSA) is 51.2 Å². The SMILES string of the molecule is CC.CC(C)(C)OC(=O)NCc1ccc(-c2nccs2)cc1. The number of hydrogen-bond donors (Lipinski definition) is 1. The Bertz CT molecular complexity index is 557. The average Bonchev–Trinajstić information content (AvgIpc) is 3.00. The lowest BCUT2D eigenvalue weighted by molar-refractivity contribution is 0.0523. The summed E-state index contributed by atoms with van der Waals surface area (Å²) in [4.78, 5) is 15.8. The van der Waals surface area contributed by atoms with Crippen LogP contribution in [0.15, 0.2) is 35.8 Å². The van der Waals surface area contributed by atoms with Gasteiger partial charge in [0, 0.05) is 23.7 Å². The molecule has 1 amide bonds. The van der Waals surface area contributed by atoms with Crippen molar-refractivity contribution in [2.24, 2.45) is 0 Å². The quantitative estimate of drug-likeness (QED) is 0.878. The van der Waals surface area contributed by atoms with Crippen molar-refractivity contribution in [1.29, 1.82) is 0 Å². The standard InChI is InChI=1S/C15H18N2O2S.C2H6/c1-15(2,3)19-14(18)17-10-11-4-6-12(7-5-11)13-16-8-9-20-13;1-2/h4-9H,10H2,1-3H3,(H,17,18);1-2H3. The number of carbonyl (C=O) groups excluding carboxylic acids is 1. The molecule has 5 heteroatoms. The van der Waals surface area contributed by atoms with E-state index in [2.05, 4.69) is 10.3 Å². The highest BCUT2D eigenvalue weighted by atomic mass is 32.1. The molecule has 0 atom stereocenters. The van der Waals surface area contributed by atoms with Gasteiger partial charge in [0.05, 0.1) is 0 Å². The summed E-state index contributed by atoms with van der Waals surface area (Å²) in [7, 11) is 0. The third kappa shape index (κ3) is 6.26. The number of thiazole rings is 1. The van der Waals surface area contributed by atoms with Crippen molar-refractivity contribution in [2.45, 2.75) is 46.8 Å². The predicted octanol–water partition coefficient (Wildman–Crippen LogP) is 4.86. The molecule has 4 nitrogen and oxygen atoms in total. The summed E-state index contributed by atoms with van der Waals surface area (Å²) in [5.74, 6) is 0. The number of nitrogens with one attached hydrogen (secondary N) is 1. The number of carbonyl (C=O) groups is 1. The van der Waals surface area contributed by atoms with Crippen LogP contribution in [0.2, 0.25) is 0 Å². The third-order valence-corrected chi connectivity index (χ3v) is 3.29. The minimum absolute atomic E-state index is 0.401. The van der Waals surface area contributed by atoms with E-state index in [1.165, 1.54) is 0 Å². The highest BCUT2D eigenvalue weighted by molar-refractivity contribution is 7.13. The first-order chi connectivity index (χ1) is 10.4. The molecular weight excluding hydrogens is 296 g/mol. The molecule has 120 valence electrons. The van der Waals surface area contributed by atoms with Crippen molar-refractivity contribution >= 4 is 17.4 Å². The van der Waals surface area contributed by atoms with Gasteiger partial charge in [-0.05, 0) is 26.3 Å². The Balaban J connectivity index is 0.00000116. The molecule has 0 unspecified atom stereocenters. The monoisotopic (exact) mass is 320 g/mol. The first-order valence-corrected chi connectivity index (χ1v) is 8.28. The highest BCUT2D eigenvalue weighted by Gasteiger charge is 2.15. The van der Waals surface area contributed by atoms with Crippen LogP contribution in [0.5, 0.6) is 0 Å². The van der Waals surface area contributed by atoms with E-state index in [1.807, 2.05) is 64.3 Å². The van der Waals surface area contributed by atoms with E-state index < -0.39 is 11.7 Å². The van der Waals surface area contributed by atoms with E-state index in [1.54, 1.807) is 17.5 Å². The normalized spacial score (nSPS) is 10.4. The van der Waals surface area contributed by atoms with Gasteiger partial charge in [-0.15, -0.1) is 11.3 Å². The molecule has 0 aliphatic heterocycles. The Kier molecular flexibility index (Phi) is 7.05. The predicted molar refractivity (Wildman–Crippen MR) is 92.0 cm³/mol. The van der Waals surface area contributed by atoms with Crippen LogP contribution in [-0.4, -0.2) is 16.7 Å². The Hall–Kier alpha value is -1.88. The van der Waals surface area contributed by atoms with Crippen molar-refractivity contribution in [1.82, 2.24) is 10.3 Å². The molecular formula is C17H24N2O2S. The van der Waals surface area contributed by atoms with Crippen LogP contribution in [0.3, 0.4) is 0 Å². The van der Waals surface area contributed by atoms with Gasteiger partial charge >= 0.3 is 6.09 Å². The van der Waals surface area contributed by atoms with Crippen LogP contribution < -0.4 is 5.32 Å². The van der Waals surface area contributed by atoms with Crippen LogP contribution in [0.1, 0.15) is 40.2 Å². The van der Waals surface area contributed by atoms with Gasteiger partial charge in [-0.25, -0.2) is 9.78 Å². The summed E-state index contributed by atoms with van der Waals surface area (Å²) in [5, 5.41) is 5.68. The lowest BCUT2D eigenvalue weighted by Crippen LogP contribution is -2.32. The molecule has 1 N–H and O–H groups in total. The van der Waals surface area contributed by atoms with Crippen molar-refractivity contribution in [3.63, 3.8) is 0 Å². The Morgan fingerprint density at radius 2 is 1.86 bits per heavy atom. The molecule has 22 heavy (non-hydrogen) atoms. The van der Waals surface area contributed by atoms with Crippen LogP contribution in [0.25, 0.3) is 10.6 Å². The number of alkyl carbamates (subject to hydrolysis) is 1. The molecule has 1 heterocycles. The van der Waals surface area contributed by atoms with Gasteiger partial charge < -0.3 is 10.1 Å². The lowest BCUT2D eigenvalue weighted by Gasteiger charge is -2.19. The van der Waals surface area contributed by atoms with E-state index in [-0.39, 0.29) is 0 Å². The molecule has 1 aromatic carbocycles. The Morgan fingerprint density at radius 3 is 2.36 bits per heavy atom. The molecule has 1 aromatic heterocycles. The van der Waals surface area contributed by atoms with Crippen molar-refractivity contribution in [3.8, 4) is 10.6 Å². The molecule has 2 aromatic rings. The molecule has 0 saturated carbocycles. The zero-order valence-electron chi connectivity index (χ0n) is 13.8. The van der Waals surface area contributed by atoms with Gasteiger partial charge in [0.15, 0.2) is 0 Å². The maximum atomic E-state index is 11.5. The van der Waals surface area contributed by atoms with Crippen molar-refractivity contribution < 1.29 is 9.53 Å². The fourth-order valence-electron chi connectivity index (χ4n) is 1.62. The summed E-state index contributed by atoms with van der Waals surface area (Å²) in [6.07, 6.45) is 1.39. The second-order valence-corrected chi connectivity index (χ2v) is 6.28. The van der Waals surface area contributed by atoms with E-state index in [0.29, 0.717) is 6.54 Å². The zero-order valence-corrected chi connectivity index (χ0v) is 14.7. The number of benzene rings is 1. The van der Waals surface area contributed by atoms with Gasteiger partial charge in [-0.1, -0.05) is 38.1 Å². The zero-order chi connectivity index (χ0) is 16.6. The minimum Gasteiger partial charge on any atom is -0.444 e. The molecule has 0 saturated heterocycles. The van der Waals surface area contributed by atoms with Gasteiger partial charge in [0.25, 0.3) is 0 Å². The molecule has 0 fully saturated rings. The van der Waals surface area contributed by atoms with Crippen LogP contribution in [0.4, 0.5) is 4.79 Å². The molecule has 0 aliphatic carbocycles. The van der Waals surface area contributed by atoms with E-state index in [4.69, 9.17) is 4.74 Å². The first-order valence-electron chi connectivity index (χ1n) is 7.40. The number of nitrogens with zero attached hydrogens (tertiary/aromatic N) is 1. The number of amides is 1. The van der Waals surface area contributed by atoms with Gasteiger partial charge in [-0.2, -0.15) is 0 Å². The largest absolute Gasteiger partial charge is 0.444 e. The fourth-order valence-corrected chi connectivity index (χ4v) is 2.26. The smallest absolute Gasteiger partial charge is 0.407 e. The van der Waals surface area contributed by atoms with Gasteiger partial charge in [-0.3, -0.25) is 0 Å². The Morgan fingerprint density at radius 1 is 1.23 bits per heavy atom. The van der Waals surface area contributed by atoms with E-state index in [0.717, 1.165) is 16.1 Å².